The average molecular weight is 1780 g/mol. The lowest BCUT2D eigenvalue weighted by molar-refractivity contribution is -0.123. The standard InChI is InChI=1S/C27H27FN4O3.C25H27FN4O3.C24H22FN5O2.C23H20F3N3O2/c28-23-8-5-15(10-24-20-3-1-2-4-21(20)26(34)31-30-24)9-22(23)27(35)32-13-17-11-19(12-18(17)14-32)29-25(33)16-6-7-16;1-33-9-8-29-12-17-14-30(15-18(17)13-29)25(32)21-10-16(6-7-22(21)26)11-23-19-4-2-3-5-20(19)24(31)28-27-23;1-14(2)30-12-16-11-29(13-22(16)28-30)24(32)19-9-15(7-8-20(19)25)10-21-17-5-3-4-6-18(17)23(31)27-26-21;24-19-6-5-13(8-20-16-3-1-2-4-17(16)21(30)28-27-20)7-18(19)22(31)29-11-14-9-23(25,26)10-15(14)12-29/h1-5,8-9,16-19H,6-7,10-14H2,(H,29,33)(H,31,34);2-7,10,17-18H,8-9,11-15H2,1H3,(H,28,31);3-9,12,14H,10-11,13H2,1-2H3,(H,27,31);1-7,14-15H,8-12H2,(H,28,30)/t17-,18+,19?;;;14-,15+. The Hall–Kier alpha value is -13.6. The first-order valence-corrected chi connectivity index (χ1v) is 44.3. The number of rotatable bonds is 18. The molecule has 5 aliphatic heterocycles. The minimum Gasteiger partial charge on any atom is -0.383 e. The maximum Gasteiger partial charge on any atom is 0.272 e. The maximum atomic E-state index is 14.7. The average Bonchev–Trinajstić information content (AvgIpc) is 1.66. The summed E-state index contributed by atoms with van der Waals surface area (Å²) >= 11 is 0. The van der Waals surface area contributed by atoms with Crippen molar-refractivity contribution in [3.63, 3.8) is 0 Å². The number of ether oxygens (including phenoxy) is 1. The van der Waals surface area contributed by atoms with Gasteiger partial charge in [-0.2, -0.15) is 25.5 Å². The third-order valence-electron chi connectivity index (χ3n) is 26.8. The number of hydrogen-bond acceptors (Lipinski definition) is 16. The molecule has 5 N–H and O–H groups in total. The number of aromatic amines is 4. The zero-order chi connectivity index (χ0) is 91.2. The summed E-state index contributed by atoms with van der Waals surface area (Å²) in [5.74, 6) is -4.88. The summed E-state index contributed by atoms with van der Waals surface area (Å²) in [6, 6.07) is 47.2. The molecule has 13 aromatic rings. The Balaban J connectivity index is 0.000000117. The van der Waals surface area contributed by atoms with Crippen LogP contribution in [0.3, 0.4) is 0 Å². The first-order valence-electron chi connectivity index (χ1n) is 44.3. The van der Waals surface area contributed by atoms with Crippen molar-refractivity contribution in [3.05, 3.63) is 319 Å². The van der Waals surface area contributed by atoms with Gasteiger partial charge >= 0.3 is 0 Å². The first kappa shape index (κ1) is 88.0. The maximum absolute atomic E-state index is 14.7. The molecule has 3 saturated carbocycles. The molecule has 10 heterocycles. The van der Waals surface area contributed by atoms with Crippen molar-refractivity contribution in [1.82, 2.24) is 80.4 Å². The largest absolute Gasteiger partial charge is 0.383 e. The number of aromatic nitrogens is 10. The highest BCUT2D eigenvalue weighted by Gasteiger charge is 2.52. The number of nitrogens with zero attached hydrogens (tertiary/aromatic N) is 11. The molecule has 3 aliphatic carbocycles. The summed E-state index contributed by atoms with van der Waals surface area (Å²) in [5.41, 5.74) is 6.46. The van der Waals surface area contributed by atoms with E-state index in [0.29, 0.717) is 151 Å². The Labute approximate surface area is 746 Å². The number of nitrogens with one attached hydrogen (secondary N) is 5. The van der Waals surface area contributed by atoms with E-state index in [1.165, 1.54) is 35.2 Å². The van der Waals surface area contributed by atoms with Crippen LogP contribution in [0.2, 0.25) is 0 Å². The van der Waals surface area contributed by atoms with Crippen LogP contribution in [0, 0.1) is 64.7 Å². The van der Waals surface area contributed by atoms with Crippen molar-refractivity contribution >= 4 is 72.6 Å². The Morgan fingerprint density at radius 2 is 0.763 bits per heavy atom. The number of methoxy groups -OCH3 is 1. The highest BCUT2D eigenvalue weighted by molar-refractivity contribution is 5.98. The number of hydrogen-bond donors (Lipinski definition) is 5. The molecule has 8 aliphatic rings. The van der Waals surface area contributed by atoms with Gasteiger partial charge in [0, 0.05) is 162 Å². The van der Waals surface area contributed by atoms with Gasteiger partial charge in [0.15, 0.2) is 0 Å². The second-order valence-corrected chi connectivity index (χ2v) is 36.1. The number of likely N-dealkylation sites (tertiary alicyclic amines) is 4. The molecular formula is C99H96F6N16O10. The van der Waals surface area contributed by atoms with E-state index in [2.05, 4.69) is 56.1 Å². The van der Waals surface area contributed by atoms with Crippen molar-refractivity contribution in [3.8, 4) is 0 Å². The second-order valence-electron chi connectivity index (χ2n) is 36.1. The normalized spacial score (nSPS) is 19.9. The Morgan fingerprint density at radius 3 is 1.09 bits per heavy atom. The van der Waals surface area contributed by atoms with Crippen molar-refractivity contribution < 1.29 is 55.1 Å². The number of carbonyl (C=O) groups is 5. The molecule has 0 bridgehead atoms. The van der Waals surface area contributed by atoms with Gasteiger partial charge in [-0.25, -0.2) is 46.7 Å². The molecule has 7 fully saturated rings. The van der Waals surface area contributed by atoms with Crippen LogP contribution in [-0.2, 0) is 48.3 Å². The molecule has 32 heteroatoms. The predicted octanol–water partition coefficient (Wildman–Crippen LogP) is 12.7. The van der Waals surface area contributed by atoms with E-state index in [9.17, 15) is 69.5 Å². The summed E-state index contributed by atoms with van der Waals surface area (Å²) in [7, 11) is 1.70. The molecule has 5 aromatic heterocycles. The second kappa shape index (κ2) is 37.1. The van der Waals surface area contributed by atoms with Crippen molar-refractivity contribution in [2.45, 2.75) is 109 Å². The summed E-state index contributed by atoms with van der Waals surface area (Å²) in [6.45, 7) is 11.3. The molecule has 4 saturated heterocycles. The number of carbonyl (C=O) groups excluding carboxylic acids is 5. The van der Waals surface area contributed by atoms with Gasteiger partial charge in [0.05, 0.1) is 85.4 Å². The van der Waals surface area contributed by atoms with Crippen LogP contribution < -0.4 is 27.6 Å². The van der Waals surface area contributed by atoms with Crippen molar-refractivity contribution in [1.29, 1.82) is 0 Å². The molecule has 7 atom stereocenters. The Morgan fingerprint density at radius 1 is 0.435 bits per heavy atom. The fraction of sp³-hybridized carbons (Fsp3) is 0.354. The molecule has 8 aromatic carbocycles. The number of H-pyrrole nitrogens is 4. The Bertz CT molecular complexity index is 6830. The van der Waals surface area contributed by atoms with Crippen LogP contribution >= 0.6 is 0 Å². The molecule has 26 nitrogen and oxygen atoms in total. The number of benzene rings is 8. The van der Waals surface area contributed by atoms with Crippen LogP contribution in [0.5, 0.6) is 0 Å². The monoisotopic (exact) mass is 1780 g/mol. The first-order chi connectivity index (χ1) is 63.2. The fourth-order valence-electron chi connectivity index (χ4n) is 20.0. The zero-order valence-corrected chi connectivity index (χ0v) is 72.3. The molecule has 21 rings (SSSR count). The number of amides is 5. The minimum atomic E-state index is -2.66. The smallest absolute Gasteiger partial charge is 0.272 e. The van der Waals surface area contributed by atoms with Crippen LogP contribution in [0.25, 0.3) is 43.1 Å². The third kappa shape index (κ3) is 19.0. The summed E-state index contributed by atoms with van der Waals surface area (Å²) in [6.07, 6.45) is 6.68. The quantitative estimate of drug-likeness (QED) is 0.0498. The van der Waals surface area contributed by atoms with Crippen LogP contribution in [0.15, 0.2) is 195 Å². The molecule has 3 unspecified atom stereocenters. The summed E-state index contributed by atoms with van der Waals surface area (Å²) in [5, 5.41) is 39.5. The molecule has 0 spiro atoms. The fourth-order valence-corrected chi connectivity index (χ4v) is 20.0. The van der Waals surface area contributed by atoms with E-state index in [1.54, 1.807) is 125 Å². The number of fused-ring (bicyclic) bond motifs is 8. The van der Waals surface area contributed by atoms with Gasteiger partial charge in [0.2, 0.25) is 11.8 Å². The molecule has 674 valence electrons. The molecule has 5 amide bonds. The van der Waals surface area contributed by atoms with E-state index in [0.717, 1.165) is 89.4 Å². The zero-order valence-electron chi connectivity index (χ0n) is 72.3. The van der Waals surface area contributed by atoms with E-state index >= 15 is 0 Å². The van der Waals surface area contributed by atoms with Crippen molar-refractivity contribution in [2.75, 3.05) is 72.6 Å². The van der Waals surface area contributed by atoms with Gasteiger partial charge < -0.3 is 34.6 Å². The number of alkyl halides is 2. The van der Waals surface area contributed by atoms with E-state index < -0.39 is 35.1 Å². The minimum absolute atomic E-state index is 0.0260. The lowest BCUT2D eigenvalue weighted by Gasteiger charge is -2.22. The van der Waals surface area contributed by atoms with Gasteiger partial charge in [-0.1, -0.05) is 97.1 Å². The van der Waals surface area contributed by atoms with Gasteiger partial charge in [0.25, 0.3) is 45.9 Å². The van der Waals surface area contributed by atoms with E-state index in [4.69, 9.17) is 4.74 Å². The molecule has 0 radical (unpaired) electrons. The van der Waals surface area contributed by atoms with Gasteiger partial charge in [-0.3, -0.25) is 47.8 Å². The SMILES string of the molecule is CC(C)n1cc2c(n1)CN(C(=O)c1cc(Cc3n[nH]c(=O)c4ccccc34)ccc1F)C2.COCCN1CC2CN(C(=O)c3cc(Cc4n[nH]c(=O)c5ccccc45)ccc3F)CC2C1.O=C(NC1C[C@@H]2CN(C(=O)c3cc(Cc4n[nH]c(=O)c5ccccc45)ccc3F)C[C@@H]2C1)C1CC1.O=C(c1cc(Cc2n[nH]c(=O)c3ccccc23)ccc1F)N1C[C@@H]2CC(F)(F)C[C@@H]2C1. The van der Waals surface area contributed by atoms with Crippen molar-refractivity contribution in [2.24, 2.45) is 41.4 Å². The van der Waals surface area contributed by atoms with Gasteiger partial charge in [-0.05, 0) is 170 Å². The third-order valence-corrected chi connectivity index (χ3v) is 26.8. The van der Waals surface area contributed by atoms with Gasteiger partial charge in [0.1, 0.15) is 23.3 Å². The van der Waals surface area contributed by atoms with E-state index in [1.807, 2.05) is 61.1 Å². The number of halogens is 6. The highest BCUT2D eigenvalue weighted by atomic mass is 19.3. The van der Waals surface area contributed by atoms with E-state index in [-0.39, 0.29) is 124 Å². The topological polar surface area (TPSA) is 324 Å². The highest BCUT2D eigenvalue weighted by Crippen LogP contribution is 2.48. The summed E-state index contributed by atoms with van der Waals surface area (Å²) < 4.78 is 92.8. The summed E-state index contributed by atoms with van der Waals surface area (Å²) in [4.78, 5) is 122. The Kier molecular flexibility index (Phi) is 24.9. The van der Waals surface area contributed by atoms with Crippen LogP contribution in [0.4, 0.5) is 26.3 Å². The molecule has 131 heavy (non-hydrogen) atoms. The van der Waals surface area contributed by atoms with Crippen LogP contribution in [-0.4, -0.2) is 189 Å². The lowest BCUT2D eigenvalue weighted by Crippen LogP contribution is -2.36. The predicted molar refractivity (Wildman–Crippen MR) is 478 cm³/mol. The van der Waals surface area contributed by atoms with Crippen LogP contribution in [0.1, 0.15) is 156 Å². The lowest BCUT2D eigenvalue weighted by atomic mass is 10.0. The molecular weight excluding hydrogens is 1690 g/mol. The van der Waals surface area contributed by atoms with Gasteiger partial charge in [-0.15, -0.1) is 0 Å².